The third-order valence-electron chi connectivity index (χ3n) is 2.94. The SMILES string of the molecule is COC(CNCCC(=O)NCCc1ccccc1)OC. The predicted octanol–water partition coefficient (Wildman–Crippen LogP) is 0.944. The summed E-state index contributed by atoms with van der Waals surface area (Å²) in [6.07, 6.45) is 1.04. The summed E-state index contributed by atoms with van der Waals surface area (Å²) in [4.78, 5) is 11.6. The first kappa shape index (κ1) is 16.6. The van der Waals surface area contributed by atoms with Gasteiger partial charge in [0.25, 0.3) is 0 Å². The summed E-state index contributed by atoms with van der Waals surface area (Å²) >= 11 is 0. The summed E-state index contributed by atoms with van der Waals surface area (Å²) in [6.45, 7) is 1.85. The molecule has 0 unspecified atom stereocenters. The Morgan fingerprint density at radius 3 is 2.50 bits per heavy atom. The van der Waals surface area contributed by atoms with Crippen LogP contribution in [0.4, 0.5) is 0 Å². The topological polar surface area (TPSA) is 59.6 Å². The Bertz CT molecular complexity index is 367. The molecular weight excluding hydrogens is 256 g/mol. The van der Waals surface area contributed by atoms with Gasteiger partial charge in [0.2, 0.25) is 5.91 Å². The number of benzene rings is 1. The number of hydrogen-bond donors (Lipinski definition) is 2. The normalized spacial score (nSPS) is 10.8. The van der Waals surface area contributed by atoms with E-state index < -0.39 is 0 Å². The van der Waals surface area contributed by atoms with Gasteiger partial charge in [0, 0.05) is 40.3 Å². The zero-order valence-electron chi connectivity index (χ0n) is 12.2. The molecule has 5 heteroatoms. The largest absolute Gasteiger partial charge is 0.356 e. The first-order valence-corrected chi connectivity index (χ1v) is 6.83. The number of methoxy groups -OCH3 is 2. The van der Waals surface area contributed by atoms with Crippen molar-refractivity contribution < 1.29 is 14.3 Å². The van der Waals surface area contributed by atoms with Gasteiger partial charge in [-0.25, -0.2) is 0 Å². The van der Waals surface area contributed by atoms with Crippen molar-refractivity contribution in [3.8, 4) is 0 Å². The van der Waals surface area contributed by atoms with E-state index >= 15 is 0 Å². The Labute approximate surface area is 120 Å². The molecule has 0 atom stereocenters. The molecule has 0 bridgehead atoms. The van der Waals surface area contributed by atoms with Crippen molar-refractivity contribution in [2.24, 2.45) is 0 Å². The Morgan fingerprint density at radius 1 is 1.15 bits per heavy atom. The molecule has 20 heavy (non-hydrogen) atoms. The summed E-state index contributed by atoms with van der Waals surface area (Å²) in [5, 5.41) is 6.02. The van der Waals surface area contributed by atoms with Crippen LogP contribution in [0.15, 0.2) is 30.3 Å². The summed E-state index contributed by atoms with van der Waals surface area (Å²) in [5.74, 6) is 0.0554. The molecule has 0 fully saturated rings. The summed E-state index contributed by atoms with van der Waals surface area (Å²) in [6, 6.07) is 10.1. The molecule has 0 aromatic heterocycles. The highest BCUT2D eigenvalue weighted by Crippen LogP contribution is 1.98. The summed E-state index contributed by atoms with van der Waals surface area (Å²) in [5.41, 5.74) is 1.23. The smallest absolute Gasteiger partial charge is 0.221 e. The first-order valence-electron chi connectivity index (χ1n) is 6.83. The molecule has 0 saturated heterocycles. The molecule has 0 aliphatic heterocycles. The van der Waals surface area contributed by atoms with Gasteiger partial charge in [-0.15, -0.1) is 0 Å². The molecular formula is C15H24N2O3. The van der Waals surface area contributed by atoms with E-state index in [4.69, 9.17) is 9.47 Å². The third kappa shape index (κ3) is 7.23. The summed E-state index contributed by atoms with van der Waals surface area (Å²) < 4.78 is 10.1. The molecule has 0 spiro atoms. The molecule has 0 radical (unpaired) electrons. The Hall–Kier alpha value is -1.43. The maximum Gasteiger partial charge on any atom is 0.221 e. The van der Waals surface area contributed by atoms with Crippen molar-refractivity contribution in [2.45, 2.75) is 19.1 Å². The van der Waals surface area contributed by atoms with E-state index in [0.29, 0.717) is 26.1 Å². The highest BCUT2D eigenvalue weighted by atomic mass is 16.7. The summed E-state index contributed by atoms with van der Waals surface area (Å²) in [7, 11) is 3.18. The van der Waals surface area contributed by atoms with Gasteiger partial charge in [0.15, 0.2) is 6.29 Å². The van der Waals surface area contributed by atoms with Gasteiger partial charge in [-0.1, -0.05) is 30.3 Å². The van der Waals surface area contributed by atoms with E-state index in [1.807, 2.05) is 18.2 Å². The van der Waals surface area contributed by atoms with Gasteiger partial charge in [-0.05, 0) is 12.0 Å². The fraction of sp³-hybridized carbons (Fsp3) is 0.533. The average molecular weight is 280 g/mol. The minimum Gasteiger partial charge on any atom is -0.356 e. The second-order valence-corrected chi connectivity index (χ2v) is 4.44. The van der Waals surface area contributed by atoms with Crippen LogP contribution in [0.1, 0.15) is 12.0 Å². The average Bonchev–Trinajstić information content (AvgIpc) is 2.48. The van der Waals surface area contributed by atoms with Crippen molar-refractivity contribution >= 4 is 5.91 Å². The molecule has 0 heterocycles. The minimum atomic E-state index is -0.267. The van der Waals surface area contributed by atoms with Crippen molar-refractivity contribution in [1.82, 2.24) is 10.6 Å². The van der Waals surface area contributed by atoms with Crippen molar-refractivity contribution in [3.63, 3.8) is 0 Å². The molecule has 2 N–H and O–H groups in total. The van der Waals surface area contributed by atoms with Crippen molar-refractivity contribution in [1.29, 1.82) is 0 Å². The van der Waals surface area contributed by atoms with Crippen molar-refractivity contribution in [2.75, 3.05) is 33.9 Å². The lowest BCUT2D eigenvalue weighted by atomic mass is 10.1. The molecule has 1 aromatic rings. The standard InChI is InChI=1S/C15H24N2O3/c1-19-15(20-2)12-16-10-9-14(18)17-11-8-13-6-4-3-5-7-13/h3-7,15-16H,8-12H2,1-2H3,(H,17,18). The molecule has 0 aliphatic rings. The number of hydrogen-bond acceptors (Lipinski definition) is 4. The third-order valence-corrected chi connectivity index (χ3v) is 2.94. The number of ether oxygens (including phenoxy) is 2. The molecule has 1 rings (SSSR count). The number of carbonyl (C=O) groups is 1. The lowest BCUT2D eigenvalue weighted by Crippen LogP contribution is -2.33. The van der Waals surface area contributed by atoms with E-state index in [1.165, 1.54) is 5.56 Å². The molecule has 5 nitrogen and oxygen atoms in total. The van der Waals surface area contributed by atoms with Crippen molar-refractivity contribution in [3.05, 3.63) is 35.9 Å². The van der Waals surface area contributed by atoms with Gasteiger partial charge in [-0.3, -0.25) is 4.79 Å². The van der Waals surface area contributed by atoms with Crippen LogP contribution in [0.25, 0.3) is 0 Å². The number of nitrogens with one attached hydrogen (secondary N) is 2. The fourth-order valence-corrected chi connectivity index (χ4v) is 1.76. The molecule has 112 valence electrons. The van der Waals surface area contributed by atoms with E-state index in [0.717, 1.165) is 6.42 Å². The fourth-order valence-electron chi connectivity index (χ4n) is 1.76. The number of rotatable bonds is 10. The number of carbonyl (C=O) groups excluding carboxylic acids is 1. The van der Waals surface area contributed by atoms with E-state index in [1.54, 1.807) is 14.2 Å². The second kappa shape index (κ2) is 10.4. The van der Waals surface area contributed by atoms with Crippen LogP contribution in [-0.4, -0.2) is 46.1 Å². The van der Waals surface area contributed by atoms with Crippen LogP contribution in [0.3, 0.4) is 0 Å². The van der Waals surface area contributed by atoms with Gasteiger partial charge >= 0.3 is 0 Å². The Kier molecular flexibility index (Phi) is 8.62. The second-order valence-electron chi connectivity index (χ2n) is 4.44. The minimum absolute atomic E-state index is 0.0554. The van der Waals surface area contributed by atoms with E-state index in [9.17, 15) is 4.79 Å². The van der Waals surface area contributed by atoms with Gasteiger partial charge in [0.1, 0.15) is 0 Å². The Balaban J connectivity index is 2.03. The van der Waals surface area contributed by atoms with E-state index in [2.05, 4.69) is 22.8 Å². The van der Waals surface area contributed by atoms with Gasteiger partial charge < -0.3 is 20.1 Å². The zero-order chi connectivity index (χ0) is 14.6. The quantitative estimate of drug-likeness (QED) is 0.495. The van der Waals surface area contributed by atoms with Crippen LogP contribution in [0.2, 0.25) is 0 Å². The van der Waals surface area contributed by atoms with Gasteiger partial charge in [0.05, 0.1) is 0 Å². The van der Waals surface area contributed by atoms with Crippen LogP contribution in [0, 0.1) is 0 Å². The molecule has 0 aliphatic carbocycles. The lowest BCUT2D eigenvalue weighted by Gasteiger charge is -2.13. The number of amides is 1. The van der Waals surface area contributed by atoms with Crippen LogP contribution >= 0.6 is 0 Å². The zero-order valence-corrected chi connectivity index (χ0v) is 12.2. The highest BCUT2D eigenvalue weighted by molar-refractivity contribution is 5.76. The molecule has 0 saturated carbocycles. The van der Waals surface area contributed by atoms with Crippen LogP contribution in [0.5, 0.6) is 0 Å². The first-order chi connectivity index (χ1) is 9.76. The monoisotopic (exact) mass is 280 g/mol. The van der Waals surface area contributed by atoms with E-state index in [-0.39, 0.29) is 12.2 Å². The maximum atomic E-state index is 11.6. The molecule has 1 aromatic carbocycles. The highest BCUT2D eigenvalue weighted by Gasteiger charge is 2.05. The Morgan fingerprint density at radius 2 is 1.85 bits per heavy atom. The van der Waals surface area contributed by atoms with Crippen LogP contribution < -0.4 is 10.6 Å². The lowest BCUT2D eigenvalue weighted by molar-refractivity contribution is -0.121. The molecule has 1 amide bonds. The van der Waals surface area contributed by atoms with Gasteiger partial charge in [-0.2, -0.15) is 0 Å². The predicted molar refractivity (Wildman–Crippen MR) is 78.4 cm³/mol. The van der Waals surface area contributed by atoms with Crippen LogP contribution in [-0.2, 0) is 20.7 Å². The maximum absolute atomic E-state index is 11.6.